The summed E-state index contributed by atoms with van der Waals surface area (Å²) >= 11 is 6.85. The fraction of sp³-hybridized carbons (Fsp3) is 0.0833. The topological polar surface area (TPSA) is 92.5 Å². The first-order valence-electron chi connectivity index (χ1n) is 5.47. The molecule has 1 heterocycles. The molecule has 0 atom stereocenters. The van der Waals surface area contributed by atoms with E-state index >= 15 is 0 Å². The molecule has 0 aliphatic rings. The van der Waals surface area contributed by atoms with Crippen molar-refractivity contribution in [1.29, 1.82) is 0 Å². The molecule has 8 heteroatoms. The molecule has 2 rings (SSSR count). The highest BCUT2D eigenvalue weighted by Crippen LogP contribution is 2.24. The lowest BCUT2D eigenvalue weighted by Gasteiger charge is -2.06. The number of nitro benzene ring substituents is 1. The van der Waals surface area contributed by atoms with Crippen molar-refractivity contribution < 1.29 is 14.8 Å². The van der Waals surface area contributed by atoms with Crippen LogP contribution in [0.4, 0.5) is 5.69 Å². The number of benzene rings is 1. The zero-order chi connectivity index (χ0) is 14.7. The summed E-state index contributed by atoms with van der Waals surface area (Å²) in [6.07, 6.45) is 0. The number of amides is 1. The quantitative estimate of drug-likeness (QED) is 0.670. The van der Waals surface area contributed by atoms with Crippen LogP contribution < -0.4 is 5.32 Å². The number of non-ortho nitro benzene ring substituents is 1. The van der Waals surface area contributed by atoms with Gasteiger partial charge in [-0.05, 0) is 18.2 Å². The van der Waals surface area contributed by atoms with Crippen LogP contribution in [0.1, 0.15) is 15.2 Å². The van der Waals surface area contributed by atoms with E-state index < -0.39 is 4.92 Å². The second kappa shape index (κ2) is 5.89. The van der Waals surface area contributed by atoms with Crippen LogP contribution in [0.3, 0.4) is 0 Å². The number of hydrogen-bond donors (Lipinski definition) is 2. The van der Waals surface area contributed by atoms with E-state index in [9.17, 15) is 20.0 Å². The van der Waals surface area contributed by atoms with E-state index in [-0.39, 0.29) is 29.5 Å². The van der Waals surface area contributed by atoms with Crippen molar-refractivity contribution in [3.63, 3.8) is 0 Å². The molecule has 0 aliphatic carbocycles. The zero-order valence-corrected chi connectivity index (χ0v) is 11.6. The van der Waals surface area contributed by atoms with Gasteiger partial charge in [-0.2, -0.15) is 0 Å². The molecule has 0 spiro atoms. The molecule has 0 fully saturated rings. The number of rotatable bonds is 4. The maximum absolute atomic E-state index is 11.8. The van der Waals surface area contributed by atoms with Crippen molar-refractivity contribution in [1.82, 2.24) is 5.32 Å². The Morgan fingerprint density at radius 2 is 2.15 bits per heavy atom. The fourth-order valence-corrected chi connectivity index (χ4v) is 2.49. The summed E-state index contributed by atoms with van der Waals surface area (Å²) in [4.78, 5) is 22.3. The number of thiophene rings is 1. The third kappa shape index (κ3) is 3.25. The van der Waals surface area contributed by atoms with Gasteiger partial charge in [0, 0.05) is 24.2 Å². The molecule has 1 amide bonds. The Hall–Kier alpha value is -2.12. The van der Waals surface area contributed by atoms with E-state index in [0.29, 0.717) is 9.21 Å². The van der Waals surface area contributed by atoms with Gasteiger partial charge in [0.05, 0.1) is 14.1 Å². The van der Waals surface area contributed by atoms with Crippen LogP contribution in [0.15, 0.2) is 30.3 Å². The Balaban J connectivity index is 2.09. The number of nitrogens with zero attached hydrogens (tertiary/aromatic N) is 1. The number of aromatic hydroxyl groups is 1. The molecule has 0 aliphatic heterocycles. The number of nitro groups is 1. The Bertz CT molecular complexity index is 671. The van der Waals surface area contributed by atoms with E-state index in [0.717, 1.165) is 11.3 Å². The first kappa shape index (κ1) is 14.3. The molecule has 1 aromatic heterocycles. The number of carbonyl (C=O) groups excluding carboxylic acids is 1. The highest BCUT2D eigenvalue weighted by molar-refractivity contribution is 7.17. The molecule has 0 unspecified atom stereocenters. The van der Waals surface area contributed by atoms with Crippen molar-refractivity contribution in [3.8, 4) is 5.75 Å². The largest absolute Gasteiger partial charge is 0.508 e. The number of phenolic OH excluding ortho intramolecular Hbond substituents is 1. The van der Waals surface area contributed by atoms with Gasteiger partial charge in [0.25, 0.3) is 11.6 Å². The minimum absolute atomic E-state index is 0.0120. The lowest BCUT2D eigenvalue weighted by Crippen LogP contribution is -2.21. The predicted octanol–water partition coefficient (Wildman–Crippen LogP) is 2.95. The second-order valence-corrected chi connectivity index (χ2v) is 5.57. The van der Waals surface area contributed by atoms with Gasteiger partial charge < -0.3 is 10.4 Å². The molecule has 20 heavy (non-hydrogen) atoms. The fourth-order valence-electron chi connectivity index (χ4n) is 1.53. The normalized spacial score (nSPS) is 10.2. The molecule has 1 aromatic carbocycles. The molecule has 2 aromatic rings. The molecule has 0 saturated heterocycles. The van der Waals surface area contributed by atoms with Crippen molar-refractivity contribution >= 4 is 34.5 Å². The average molecular weight is 313 g/mol. The minimum Gasteiger partial charge on any atom is -0.508 e. The van der Waals surface area contributed by atoms with Crippen LogP contribution in [0.25, 0.3) is 0 Å². The predicted molar refractivity (Wildman–Crippen MR) is 75.3 cm³/mol. The highest BCUT2D eigenvalue weighted by Gasteiger charge is 2.13. The molecule has 0 radical (unpaired) electrons. The van der Waals surface area contributed by atoms with Crippen molar-refractivity contribution in [3.05, 3.63) is 55.2 Å². The smallest absolute Gasteiger partial charge is 0.270 e. The van der Waals surface area contributed by atoms with Crippen molar-refractivity contribution in [2.75, 3.05) is 0 Å². The minimum atomic E-state index is -0.566. The molecule has 0 saturated carbocycles. The van der Waals surface area contributed by atoms with E-state index in [1.165, 1.54) is 18.2 Å². The Morgan fingerprint density at radius 3 is 2.75 bits per heavy atom. The summed E-state index contributed by atoms with van der Waals surface area (Å²) in [6.45, 7) is -0.0120. The van der Waals surface area contributed by atoms with Gasteiger partial charge in [-0.25, -0.2) is 0 Å². The van der Waals surface area contributed by atoms with Crippen LogP contribution in [0, 0.1) is 10.1 Å². The first-order valence-corrected chi connectivity index (χ1v) is 6.66. The van der Waals surface area contributed by atoms with Gasteiger partial charge in [-0.3, -0.25) is 14.9 Å². The maximum atomic E-state index is 11.8. The highest BCUT2D eigenvalue weighted by atomic mass is 35.5. The number of hydrogen-bond acceptors (Lipinski definition) is 5. The molecule has 2 N–H and O–H groups in total. The summed E-state index contributed by atoms with van der Waals surface area (Å²) < 4.78 is 0.494. The summed E-state index contributed by atoms with van der Waals surface area (Å²) in [5.74, 6) is -0.465. The summed E-state index contributed by atoms with van der Waals surface area (Å²) in [6, 6.07) is 6.82. The second-order valence-electron chi connectivity index (χ2n) is 3.86. The van der Waals surface area contributed by atoms with Gasteiger partial charge >= 0.3 is 0 Å². The molecular weight excluding hydrogens is 304 g/mol. The van der Waals surface area contributed by atoms with Crippen LogP contribution in [-0.4, -0.2) is 15.9 Å². The SMILES string of the molecule is O=C(NCc1cc([N+](=O)[O-])ccc1O)c1ccc(Cl)s1. The van der Waals surface area contributed by atoms with Gasteiger partial charge in [-0.15, -0.1) is 11.3 Å². The van der Waals surface area contributed by atoms with Crippen molar-refractivity contribution in [2.24, 2.45) is 0 Å². The van der Waals surface area contributed by atoms with E-state index in [1.807, 2.05) is 0 Å². The summed E-state index contributed by atoms with van der Waals surface area (Å²) in [7, 11) is 0. The molecule has 104 valence electrons. The van der Waals surface area contributed by atoms with Crippen molar-refractivity contribution in [2.45, 2.75) is 6.54 Å². The Labute approximate surface area is 122 Å². The standard InChI is InChI=1S/C12H9ClN2O4S/c13-11-4-3-10(20-11)12(17)14-6-7-5-8(15(18)19)1-2-9(7)16/h1-5,16H,6H2,(H,14,17). The maximum Gasteiger partial charge on any atom is 0.270 e. The van der Waals surface area contributed by atoms with Crippen LogP contribution in [-0.2, 0) is 6.54 Å². The third-order valence-electron chi connectivity index (χ3n) is 2.51. The lowest BCUT2D eigenvalue weighted by molar-refractivity contribution is -0.384. The number of halogens is 1. The van der Waals surface area contributed by atoms with Gasteiger partial charge in [0.15, 0.2) is 0 Å². The number of phenols is 1. The summed E-state index contributed by atoms with van der Waals surface area (Å²) in [5, 5.41) is 22.8. The van der Waals surface area contributed by atoms with E-state index in [2.05, 4.69) is 5.32 Å². The third-order valence-corrected chi connectivity index (χ3v) is 3.74. The Morgan fingerprint density at radius 1 is 1.40 bits per heavy atom. The number of carbonyl (C=O) groups is 1. The molecule has 6 nitrogen and oxygen atoms in total. The van der Waals surface area contributed by atoms with Gasteiger partial charge in [0.1, 0.15) is 5.75 Å². The van der Waals surface area contributed by atoms with Gasteiger partial charge in [0.2, 0.25) is 0 Å². The number of nitrogens with one attached hydrogen (secondary N) is 1. The lowest BCUT2D eigenvalue weighted by atomic mass is 10.1. The summed E-state index contributed by atoms with van der Waals surface area (Å²) in [5.41, 5.74) is 0.126. The molecule has 0 bridgehead atoms. The van der Waals surface area contributed by atoms with Gasteiger partial charge in [-0.1, -0.05) is 11.6 Å². The first-order chi connectivity index (χ1) is 9.47. The van der Waals surface area contributed by atoms with E-state index in [1.54, 1.807) is 12.1 Å². The zero-order valence-electron chi connectivity index (χ0n) is 10.00. The molecular formula is C12H9ClN2O4S. The monoisotopic (exact) mass is 312 g/mol. The van der Waals surface area contributed by atoms with Crippen LogP contribution in [0.5, 0.6) is 5.75 Å². The van der Waals surface area contributed by atoms with Crippen LogP contribution in [0.2, 0.25) is 4.34 Å². The van der Waals surface area contributed by atoms with E-state index in [4.69, 9.17) is 11.6 Å². The van der Waals surface area contributed by atoms with Crippen LogP contribution >= 0.6 is 22.9 Å². The Kier molecular flexibility index (Phi) is 4.21. The average Bonchev–Trinajstić information content (AvgIpc) is 2.84.